The predicted octanol–water partition coefficient (Wildman–Crippen LogP) is 2.65. The van der Waals surface area contributed by atoms with Gasteiger partial charge in [0.1, 0.15) is 16.4 Å². The fourth-order valence-corrected chi connectivity index (χ4v) is 3.70. The third-order valence-corrected chi connectivity index (χ3v) is 5.26. The molecule has 0 spiro atoms. The van der Waals surface area contributed by atoms with Gasteiger partial charge in [0.25, 0.3) is 0 Å². The standard InChI is InChI=1S/C18H20N6O4S/c1-3-27-16(25)15-11(2)20-18(29-15)23-17-21-12(13-9-19-10-28-13)8-14(22-17)24-4-6-26-7-5-24/h8-10H,3-7H2,1-2H3,(H,20,21,22,23). The van der Waals surface area contributed by atoms with Gasteiger partial charge in [-0.3, -0.25) is 5.32 Å². The van der Waals surface area contributed by atoms with E-state index in [1.54, 1.807) is 20.0 Å². The molecule has 0 atom stereocenters. The van der Waals surface area contributed by atoms with Crippen LogP contribution >= 0.6 is 11.3 Å². The summed E-state index contributed by atoms with van der Waals surface area (Å²) in [5.74, 6) is 1.24. The van der Waals surface area contributed by atoms with Gasteiger partial charge < -0.3 is 18.8 Å². The molecule has 0 unspecified atom stereocenters. The van der Waals surface area contributed by atoms with Crippen molar-refractivity contribution in [2.75, 3.05) is 43.1 Å². The number of hydrogen-bond donors (Lipinski definition) is 1. The smallest absolute Gasteiger partial charge is 0.350 e. The normalized spacial score (nSPS) is 14.1. The van der Waals surface area contributed by atoms with Crippen molar-refractivity contribution in [3.05, 3.63) is 29.2 Å². The number of oxazole rings is 1. The minimum absolute atomic E-state index is 0.310. The Morgan fingerprint density at radius 2 is 2.14 bits per heavy atom. The van der Waals surface area contributed by atoms with E-state index in [1.165, 1.54) is 17.7 Å². The lowest BCUT2D eigenvalue weighted by molar-refractivity contribution is 0.0531. The van der Waals surface area contributed by atoms with Crippen LogP contribution < -0.4 is 10.2 Å². The number of rotatable bonds is 6. The van der Waals surface area contributed by atoms with Crippen LogP contribution in [0.4, 0.5) is 16.9 Å². The highest BCUT2D eigenvalue weighted by Gasteiger charge is 2.20. The van der Waals surface area contributed by atoms with Crippen LogP contribution in [0, 0.1) is 6.92 Å². The van der Waals surface area contributed by atoms with Gasteiger partial charge in [-0.15, -0.1) is 0 Å². The summed E-state index contributed by atoms with van der Waals surface area (Å²) in [5.41, 5.74) is 1.19. The van der Waals surface area contributed by atoms with Crippen LogP contribution in [0.15, 0.2) is 23.1 Å². The second-order valence-corrected chi connectivity index (χ2v) is 7.18. The van der Waals surface area contributed by atoms with Gasteiger partial charge >= 0.3 is 5.97 Å². The fraction of sp³-hybridized carbons (Fsp3) is 0.389. The quantitative estimate of drug-likeness (QED) is 0.601. The summed E-state index contributed by atoms with van der Waals surface area (Å²) < 4.78 is 15.9. The van der Waals surface area contributed by atoms with E-state index in [-0.39, 0.29) is 5.97 Å². The van der Waals surface area contributed by atoms with Crippen LogP contribution in [-0.2, 0) is 9.47 Å². The van der Waals surface area contributed by atoms with Crippen molar-refractivity contribution >= 4 is 34.2 Å². The minimum atomic E-state index is -0.388. The molecule has 3 aromatic rings. The minimum Gasteiger partial charge on any atom is -0.462 e. The van der Waals surface area contributed by atoms with Gasteiger partial charge in [-0.25, -0.2) is 19.7 Å². The molecule has 11 heteroatoms. The number of nitrogens with zero attached hydrogens (tertiary/aromatic N) is 5. The zero-order chi connectivity index (χ0) is 20.2. The molecule has 0 aliphatic carbocycles. The lowest BCUT2D eigenvalue weighted by Gasteiger charge is -2.28. The Hall–Kier alpha value is -3.05. The zero-order valence-electron chi connectivity index (χ0n) is 16.0. The van der Waals surface area contributed by atoms with Gasteiger partial charge in [-0.1, -0.05) is 11.3 Å². The van der Waals surface area contributed by atoms with E-state index in [4.69, 9.17) is 13.9 Å². The molecule has 0 amide bonds. The third-order valence-electron chi connectivity index (χ3n) is 4.21. The third kappa shape index (κ3) is 4.35. The van der Waals surface area contributed by atoms with Crippen molar-refractivity contribution in [2.45, 2.75) is 13.8 Å². The molecule has 29 heavy (non-hydrogen) atoms. The number of anilines is 3. The van der Waals surface area contributed by atoms with Crippen molar-refractivity contribution in [2.24, 2.45) is 0 Å². The molecular formula is C18H20N6O4S. The number of aromatic nitrogens is 4. The second kappa shape index (κ2) is 8.53. The number of thiazole rings is 1. The van der Waals surface area contributed by atoms with Crippen molar-refractivity contribution in [3.63, 3.8) is 0 Å². The molecular weight excluding hydrogens is 396 g/mol. The number of morpholine rings is 1. The van der Waals surface area contributed by atoms with E-state index < -0.39 is 0 Å². The van der Waals surface area contributed by atoms with E-state index in [0.29, 0.717) is 52.9 Å². The van der Waals surface area contributed by atoms with E-state index in [1.807, 2.05) is 6.07 Å². The van der Waals surface area contributed by atoms with E-state index in [9.17, 15) is 4.79 Å². The number of aryl methyl sites for hydroxylation is 1. The first kappa shape index (κ1) is 19.3. The average molecular weight is 416 g/mol. The summed E-state index contributed by atoms with van der Waals surface area (Å²) in [6.07, 6.45) is 2.95. The topological polar surface area (TPSA) is 116 Å². The summed E-state index contributed by atoms with van der Waals surface area (Å²) in [6.45, 7) is 6.58. The van der Waals surface area contributed by atoms with Crippen LogP contribution in [0.5, 0.6) is 0 Å². The monoisotopic (exact) mass is 416 g/mol. The molecule has 1 saturated heterocycles. The first-order chi connectivity index (χ1) is 14.1. The summed E-state index contributed by atoms with van der Waals surface area (Å²) in [6, 6.07) is 1.86. The molecule has 0 saturated carbocycles. The highest BCUT2D eigenvalue weighted by atomic mass is 32.1. The maximum Gasteiger partial charge on any atom is 0.350 e. The Morgan fingerprint density at radius 1 is 1.31 bits per heavy atom. The number of nitrogens with one attached hydrogen (secondary N) is 1. The average Bonchev–Trinajstić information content (AvgIpc) is 3.39. The Bertz CT molecular complexity index is 984. The van der Waals surface area contributed by atoms with Gasteiger partial charge in [0.15, 0.2) is 17.3 Å². The largest absolute Gasteiger partial charge is 0.462 e. The lowest BCUT2D eigenvalue weighted by atomic mass is 10.3. The molecule has 1 aliphatic heterocycles. The van der Waals surface area contributed by atoms with Crippen molar-refractivity contribution in [1.82, 2.24) is 19.9 Å². The van der Waals surface area contributed by atoms with Crippen LogP contribution in [0.25, 0.3) is 11.5 Å². The molecule has 0 aromatic carbocycles. The highest BCUT2D eigenvalue weighted by Crippen LogP contribution is 2.28. The maximum absolute atomic E-state index is 12.1. The highest BCUT2D eigenvalue weighted by molar-refractivity contribution is 7.17. The Labute approximate surface area is 170 Å². The van der Waals surface area contributed by atoms with Crippen LogP contribution in [0.2, 0.25) is 0 Å². The van der Waals surface area contributed by atoms with E-state index in [2.05, 4.69) is 30.2 Å². The van der Waals surface area contributed by atoms with Crippen molar-refractivity contribution in [3.8, 4) is 11.5 Å². The number of esters is 1. The molecule has 1 aliphatic rings. The number of hydrogen-bond acceptors (Lipinski definition) is 11. The maximum atomic E-state index is 12.1. The molecule has 3 aromatic heterocycles. The number of carbonyl (C=O) groups is 1. The molecule has 10 nitrogen and oxygen atoms in total. The number of carbonyl (C=O) groups excluding carboxylic acids is 1. The first-order valence-corrected chi connectivity index (χ1v) is 9.98. The van der Waals surface area contributed by atoms with Crippen LogP contribution in [-0.4, -0.2) is 58.8 Å². The summed E-state index contributed by atoms with van der Waals surface area (Å²) in [5, 5.41) is 3.61. The molecule has 1 N–H and O–H groups in total. The van der Waals surface area contributed by atoms with E-state index >= 15 is 0 Å². The zero-order valence-corrected chi connectivity index (χ0v) is 16.9. The summed E-state index contributed by atoms with van der Waals surface area (Å²) in [4.78, 5) is 32.1. The van der Waals surface area contributed by atoms with Gasteiger partial charge in [0.2, 0.25) is 5.95 Å². The molecule has 1 fully saturated rings. The Balaban J connectivity index is 1.65. The Kier molecular flexibility index (Phi) is 5.67. The molecule has 0 bridgehead atoms. The Morgan fingerprint density at radius 3 is 2.86 bits per heavy atom. The van der Waals surface area contributed by atoms with Crippen LogP contribution in [0.3, 0.4) is 0 Å². The molecule has 0 radical (unpaired) electrons. The van der Waals surface area contributed by atoms with Gasteiger partial charge in [0, 0.05) is 19.2 Å². The SMILES string of the molecule is CCOC(=O)c1sc(Nc2nc(-c3cnco3)cc(N3CCOCC3)n2)nc1C. The van der Waals surface area contributed by atoms with Gasteiger partial charge in [-0.05, 0) is 13.8 Å². The fourth-order valence-electron chi connectivity index (χ4n) is 2.84. The van der Waals surface area contributed by atoms with Gasteiger partial charge in [0.05, 0.1) is 31.7 Å². The number of ether oxygens (including phenoxy) is 2. The predicted molar refractivity (Wildman–Crippen MR) is 107 cm³/mol. The summed E-state index contributed by atoms with van der Waals surface area (Å²) >= 11 is 1.20. The van der Waals surface area contributed by atoms with E-state index in [0.717, 1.165) is 18.9 Å². The second-order valence-electron chi connectivity index (χ2n) is 6.18. The lowest BCUT2D eigenvalue weighted by Crippen LogP contribution is -2.36. The molecule has 4 heterocycles. The van der Waals surface area contributed by atoms with Crippen molar-refractivity contribution in [1.29, 1.82) is 0 Å². The summed E-state index contributed by atoms with van der Waals surface area (Å²) in [7, 11) is 0. The van der Waals surface area contributed by atoms with Gasteiger partial charge in [-0.2, -0.15) is 4.98 Å². The van der Waals surface area contributed by atoms with Crippen molar-refractivity contribution < 1.29 is 18.7 Å². The van der Waals surface area contributed by atoms with Crippen LogP contribution in [0.1, 0.15) is 22.3 Å². The molecule has 152 valence electrons. The molecule has 4 rings (SSSR count). The first-order valence-electron chi connectivity index (χ1n) is 9.16.